The molecule has 1 aromatic rings. The minimum atomic E-state index is 0.0257. The molecule has 0 saturated heterocycles. The molecule has 5 heteroatoms. The van der Waals surface area contributed by atoms with Crippen LogP contribution in [0.3, 0.4) is 0 Å². The van der Waals surface area contributed by atoms with E-state index in [0.29, 0.717) is 25.5 Å². The Kier molecular flexibility index (Phi) is 6.18. The molecule has 0 amide bonds. The largest absolute Gasteiger partial charge is 0.504 e. The van der Waals surface area contributed by atoms with E-state index in [2.05, 4.69) is 4.99 Å². The number of aliphatic hydroxyl groups excluding tert-OH is 1. The van der Waals surface area contributed by atoms with Gasteiger partial charge in [0.1, 0.15) is 0 Å². The predicted octanol–water partition coefficient (Wildman–Crippen LogP) is 1.22. The Balaban J connectivity index is 2.60. The lowest BCUT2D eigenvalue weighted by Crippen LogP contribution is -2.05. The average Bonchev–Trinajstić information content (AvgIpc) is 2.38. The zero-order valence-electron chi connectivity index (χ0n) is 10.7. The first-order chi connectivity index (χ1) is 8.69. The molecule has 0 aliphatic rings. The van der Waals surface area contributed by atoms with Crippen LogP contribution in [0.1, 0.15) is 12.5 Å². The molecule has 2 N–H and O–H groups in total. The summed E-state index contributed by atoms with van der Waals surface area (Å²) in [6, 6.07) is 5.10. The molecule has 0 aliphatic heterocycles. The Morgan fingerprint density at radius 2 is 2.11 bits per heavy atom. The van der Waals surface area contributed by atoms with Gasteiger partial charge >= 0.3 is 0 Å². The monoisotopic (exact) mass is 253 g/mol. The van der Waals surface area contributed by atoms with Crippen molar-refractivity contribution in [1.82, 2.24) is 0 Å². The van der Waals surface area contributed by atoms with Crippen LogP contribution < -0.4 is 4.74 Å². The highest BCUT2D eigenvalue weighted by molar-refractivity contribution is 5.99. The van der Waals surface area contributed by atoms with Gasteiger partial charge in [-0.2, -0.15) is 0 Å². The minimum absolute atomic E-state index is 0.0257. The van der Waals surface area contributed by atoms with Crippen LogP contribution in [-0.4, -0.2) is 49.4 Å². The highest BCUT2D eigenvalue weighted by Crippen LogP contribution is 2.26. The van der Waals surface area contributed by atoms with Crippen LogP contribution >= 0.6 is 0 Å². The van der Waals surface area contributed by atoms with Crippen molar-refractivity contribution in [3.8, 4) is 11.5 Å². The van der Waals surface area contributed by atoms with Crippen molar-refractivity contribution in [2.24, 2.45) is 4.99 Å². The van der Waals surface area contributed by atoms with Gasteiger partial charge in [0.25, 0.3) is 0 Å². The van der Waals surface area contributed by atoms with Crippen molar-refractivity contribution >= 4 is 5.71 Å². The summed E-state index contributed by atoms with van der Waals surface area (Å²) in [5.74, 6) is 0.541. The molecule has 5 nitrogen and oxygen atoms in total. The van der Waals surface area contributed by atoms with E-state index in [-0.39, 0.29) is 12.4 Å². The lowest BCUT2D eigenvalue weighted by Gasteiger charge is -2.06. The quantitative estimate of drug-likeness (QED) is 0.566. The molecule has 18 heavy (non-hydrogen) atoms. The maximum absolute atomic E-state index is 9.48. The molecular weight excluding hydrogens is 234 g/mol. The number of hydrogen-bond acceptors (Lipinski definition) is 5. The number of rotatable bonds is 7. The Bertz CT molecular complexity index is 404. The summed E-state index contributed by atoms with van der Waals surface area (Å²) in [6.07, 6.45) is 0. The fourth-order valence-corrected chi connectivity index (χ4v) is 1.44. The van der Waals surface area contributed by atoms with Gasteiger partial charge in [-0.25, -0.2) is 0 Å². The second kappa shape index (κ2) is 7.68. The van der Waals surface area contributed by atoms with Crippen molar-refractivity contribution in [3.05, 3.63) is 23.8 Å². The Hall–Kier alpha value is -1.59. The van der Waals surface area contributed by atoms with Crippen LogP contribution in [0.25, 0.3) is 0 Å². The first-order valence-electron chi connectivity index (χ1n) is 5.76. The molecule has 0 atom stereocenters. The molecule has 1 rings (SSSR count). The van der Waals surface area contributed by atoms with Gasteiger partial charge in [0.15, 0.2) is 11.5 Å². The lowest BCUT2D eigenvalue weighted by molar-refractivity contribution is 0.0978. The fourth-order valence-electron chi connectivity index (χ4n) is 1.44. The van der Waals surface area contributed by atoms with Crippen molar-refractivity contribution in [1.29, 1.82) is 0 Å². The van der Waals surface area contributed by atoms with Gasteiger partial charge in [-0.3, -0.25) is 4.99 Å². The number of benzene rings is 1. The molecule has 0 spiro atoms. The average molecular weight is 253 g/mol. The number of aliphatic imine (C=N–C) groups is 1. The fraction of sp³-hybridized carbons (Fsp3) is 0.462. The summed E-state index contributed by atoms with van der Waals surface area (Å²) in [5, 5.41) is 18.0. The number of nitrogens with zero attached hydrogens (tertiary/aromatic N) is 1. The van der Waals surface area contributed by atoms with Gasteiger partial charge in [-0.05, 0) is 30.7 Å². The zero-order chi connectivity index (χ0) is 13.4. The Morgan fingerprint density at radius 1 is 1.33 bits per heavy atom. The first-order valence-corrected chi connectivity index (χ1v) is 5.76. The van der Waals surface area contributed by atoms with Crippen molar-refractivity contribution in [3.63, 3.8) is 0 Å². The summed E-state index contributed by atoms with van der Waals surface area (Å²) < 4.78 is 10.1. The molecule has 0 saturated carbocycles. The lowest BCUT2D eigenvalue weighted by atomic mass is 10.1. The molecule has 100 valence electrons. The third kappa shape index (κ3) is 4.35. The van der Waals surface area contributed by atoms with Gasteiger partial charge in [0.2, 0.25) is 0 Å². The third-order valence-electron chi connectivity index (χ3n) is 2.42. The Morgan fingerprint density at radius 3 is 2.78 bits per heavy atom. The van der Waals surface area contributed by atoms with Crippen LogP contribution in [0.4, 0.5) is 0 Å². The number of phenols is 1. The van der Waals surface area contributed by atoms with E-state index >= 15 is 0 Å². The van der Waals surface area contributed by atoms with E-state index in [1.807, 2.05) is 6.92 Å². The van der Waals surface area contributed by atoms with Gasteiger partial charge in [-0.1, -0.05) is 0 Å². The SMILES string of the molecule is COc1cc(/C(C)=N\CCOCCO)ccc1O. The number of hydrogen-bond donors (Lipinski definition) is 2. The number of ether oxygens (including phenoxy) is 2. The van der Waals surface area contributed by atoms with Gasteiger partial charge in [0, 0.05) is 5.71 Å². The van der Waals surface area contributed by atoms with E-state index < -0.39 is 0 Å². The number of aliphatic hydroxyl groups is 1. The molecule has 0 aliphatic carbocycles. The molecule has 0 fully saturated rings. The van der Waals surface area contributed by atoms with Gasteiger partial charge in [-0.15, -0.1) is 0 Å². The van der Waals surface area contributed by atoms with Crippen LogP contribution in [0.15, 0.2) is 23.2 Å². The van der Waals surface area contributed by atoms with Gasteiger partial charge in [0.05, 0.1) is 33.5 Å². The van der Waals surface area contributed by atoms with Crippen molar-refractivity contribution in [2.75, 3.05) is 33.5 Å². The molecule has 1 aromatic carbocycles. The third-order valence-corrected chi connectivity index (χ3v) is 2.42. The van der Waals surface area contributed by atoms with Crippen LogP contribution in [0.5, 0.6) is 11.5 Å². The van der Waals surface area contributed by atoms with Crippen LogP contribution in [-0.2, 0) is 4.74 Å². The maximum atomic E-state index is 9.48. The zero-order valence-corrected chi connectivity index (χ0v) is 10.7. The van der Waals surface area contributed by atoms with E-state index in [1.165, 1.54) is 7.11 Å². The summed E-state index contributed by atoms with van der Waals surface area (Å²) in [4.78, 5) is 4.34. The number of aromatic hydroxyl groups is 1. The minimum Gasteiger partial charge on any atom is -0.504 e. The second-order valence-corrected chi connectivity index (χ2v) is 3.69. The van der Waals surface area contributed by atoms with Crippen LogP contribution in [0, 0.1) is 0 Å². The molecule has 0 heterocycles. The highest BCUT2D eigenvalue weighted by atomic mass is 16.5. The van der Waals surface area contributed by atoms with E-state index in [9.17, 15) is 5.11 Å². The molecule has 0 aromatic heterocycles. The summed E-state index contributed by atoms with van der Waals surface area (Å²) in [5.41, 5.74) is 1.74. The molecule has 0 radical (unpaired) electrons. The van der Waals surface area contributed by atoms with Crippen molar-refractivity contribution in [2.45, 2.75) is 6.92 Å². The predicted molar refractivity (Wildman–Crippen MR) is 69.6 cm³/mol. The van der Waals surface area contributed by atoms with E-state index in [0.717, 1.165) is 11.3 Å². The number of phenolic OH excluding ortho intramolecular Hbond substituents is 1. The highest BCUT2D eigenvalue weighted by Gasteiger charge is 2.04. The first kappa shape index (κ1) is 14.5. The summed E-state index contributed by atoms with van der Waals surface area (Å²) in [6.45, 7) is 3.26. The van der Waals surface area contributed by atoms with Crippen molar-refractivity contribution < 1.29 is 19.7 Å². The smallest absolute Gasteiger partial charge is 0.161 e. The van der Waals surface area contributed by atoms with Crippen LogP contribution in [0.2, 0.25) is 0 Å². The normalized spacial score (nSPS) is 11.6. The van der Waals surface area contributed by atoms with E-state index in [1.54, 1.807) is 18.2 Å². The molecule has 0 unspecified atom stereocenters. The van der Waals surface area contributed by atoms with E-state index in [4.69, 9.17) is 14.6 Å². The topological polar surface area (TPSA) is 71.3 Å². The number of methoxy groups -OCH3 is 1. The standard InChI is InChI=1S/C13H19NO4/c1-10(14-5-7-18-8-6-15)11-3-4-12(16)13(9-11)17-2/h3-4,9,15-16H,5-8H2,1-2H3/b14-10-. The second-order valence-electron chi connectivity index (χ2n) is 3.69. The summed E-state index contributed by atoms with van der Waals surface area (Å²) in [7, 11) is 1.51. The Labute approximate surface area is 107 Å². The summed E-state index contributed by atoms with van der Waals surface area (Å²) >= 11 is 0. The maximum Gasteiger partial charge on any atom is 0.161 e. The molecule has 0 bridgehead atoms. The molecular formula is C13H19NO4. The van der Waals surface area contributed by atoms with Gasteiger partial charge < -0.3 is 19.7 Å².